The SMILES string of the molecule is N#Cc1cc2c(nc1Sc1nc(N)cc(N)n1)CCCC2. The van der Waals surface area contributed by atoms with E-state index in [1.54, 1.807) is 0 Å². The summed E-state index contributed by atoms with van der Waals surface area (Å²) >= 11 is 1.22. The smallest absolute Gasteiger partial charge is 0.197 e. The van der Waals surface area contributed by atoms with Crippen molar-refractivity contribution in [2.75, 3.05) is 11.5 Å². The van der Waals surface area contributed by atoms with Crippen LogP contribution in [0, 0.1) is 11.3 Å². The van der Waals surface area contributed by atoms with E-state index in [2.05, 4.69) is 21.0 Å². The van der Waals surface area contributed by atoms with Gasteiger partial charge in [-0.1, -0.05) is 0 Å². The summed E-state index contributed by atoms with van der Waals surface area (Å²) in [6, 6.07) is 5.62. The van der Waals surface area contributed by atoms with E-state index in [1.165, 1.54) is 23.4 Å². The first-order valence-corrected chi connectivity index (χ1v) is 7.48. The van der Waals surface area contributed by atoms with Crippen molar-refractivity contribution in [2.45, 2.75) is 35.9 Å². The predicted molar refractivity (Wildman–Crippen MR) is 80.6 cm³/mol. The number of aromatic nitrogens is 3. The highest BCUT2D eigenvalue weighted by molar-refractivity contribution is 7.99. The summed E-state index contributed by atoms with van der Waals surface area (Å²) in [6.45, 7) is 0. The van der Waals surface area contributed by atoms with Crippen LogP contribution in [0.1, 0.15) is 29.7 Å². The van der Waals surface area contributed by atoms with Gasteiger partial charge in [-0.2, -0.15) is 5.26 Å². The quantitative estimate of drug-likeness (QED) is 0.814. The van der Waals surface area contributed by atoms with Crippen LogP contribution < -0.4 is 11.5 Å². The summed E-state index contributed by atoms with van der Waals surface area (Å²) in [5.41, 5.74) is 14.1. The van der Waals surface area contributed by atoms with Gasteiger partial charge in [0.15, 0.2) is 5.16 Å². The van der Waals surface area contributed by atoms with Crippen LogP contribution in [0.3, 0.4) is 0 Å². The number of rotatable bonds is 2. The van der Waals surface area contributed by atoms with E-state index in [9.17, 15) is 5.26 Å². The van der Waals surface area contributed by atoms with Gasteiger partial charge in [0.2, 0.25) is 0 Å². The van der Waals surface area contributed by atoms with E-state index in [-0.39, 0.29) is 0 Å². The first kappa shape index (κ1) is 13.6. The van der Waals surface area contributed by atoms with Crippen LogP contribution in [0.15, 0.2) is 22.3 Å². The molecule has 21 heavy (non-hydrogen) atoms. The Morgan fingerprint density at radius 2 is 1.76 bits per heavy atom. The van der Waals surface area contributed by atoms with Crippen LogP contribution in [0.2, 0.25) is 0 Å². The zero-order chi connectivity index (χ0) is 14.8. The molecule has 6 nitrogen and oxygen atoms in total. The molecular weight excluding hydrogens is 284 g/mol. The molecule has 7 heteroatoms. The van der Waals surface area contributed by atoms with Crippen molar-refractivity contribution in [1.82, 2.24) is 15.0 Å². The Balaban J connectivity index is 1.99. The van der Waals surface area contributed by atoms with Crippen LogP contribution in [0.5, 0.6) is 0 Å². The second-order valence-corrected chi connectivity index (χ2v) is 5.82. The Kier molecular flexibility index (Phi) is 3.62. The molecule has 0 aliphatic heterocycles. The third-order valence-corrected chi connectivity index (χ3v) is 4.19. The predicted octanol–water partition coefficient (Wildman–Crippen LogP) is 1.94. The van der Waals surface area contributed by atoms with E-state index >= 15 is 0 Å². The van der Waals surface area contributed by atoms with Crippen molar-refractivity contribution in [3.8, 4) is 6.07 Å². The second-order valence-electron chi connectivity index (χ2n) is 4.87. The number of hydrogen-bond acceptors (Lipinski definition) is 7. The van der Waals surface area contributed by atoms with Crippen molar-refractivity contribution < 1.29 is 0 Å². The van der Waals surface area contributed by atoms with Crippen LogP contribution in [-0.2, 0) is 12.8 Å². The average molecular weight is 298 g/mol. The molecule has 3 rings (SSSR count). The topological polar surface area (TPSA) is 114 Å². The molecule has 1 aliphatic rings. The lowest BCUT2D eigenvalue weighted by atomic mass is 9.95. The Labute approximate surface area is 126 Å². The van der Waals surface area contributed by atoms with E-state index < -0.39 is 0 Å². The van der Waals surface area contributed by atoms with Gasteiger partial charge in [-0.05, 0) is 49.1 Å². The largest absolute Gasteiger partial charge is 0.383 e. The monoisotopic (exact) mass is 298 g/mol. The summed E-state index contributed by atoms with van der Waals surface area (Å²) < 4.78 is 0. The fraction of sp³-hybridized carbons (Fsp3) is 0.286. The van der Waals surface area contributed by atoms with Crippen LogP contribution in [-0.4, -0.2) is 15.0 Å². The van der Waals surface area contributed by atoms with E-state index in [0.29, 0.717) is 27.4 Å². The van der Waals surface area contributed by atoms with Gasteiger partial charge in [0.1, 0.15) is 22.7 Å². The summed E-state index contributed by atoms with van der Waals surface area (Å²) in [6.07, 6.45) is 4.23. The first-order valence-electron chi connectivity index (χ1n) is 6.66. The summed E-state index contributed by atoms with van der Waals surface area (Å²) in [7, 11) is 0. The molecule has 0 saturated carbocycles. The van der Waals surface area contributed by atoms with Crippen LogP contribution in [0.4, 0.5) is 11.6 Å². The molecule has 0 unspecified atom stereocenters. The van der Waals surface area contributed by atoms with Crippen molar-refractivity contribution in [3.63, 3.8) is 0 Å². The van der Waals surface area contributed by atoms with Crippen LogP contribution >= 0.6 is 11.8 Å². The maximum Gasteiger partial charge on any atom is 0.197 e. The molecule has 0 fully saturated rings. The Bertz CT molecular complexity index is 717. The van der Waals surface area contributed by atoms with Gasteiger partial charge in [0.25, 0.3) is 0 Å². The van der Waals surface area contributed by atoms with Gasteiger partial charge in [0.05, 0.1) is 5.56 Å². The minimum absolute atomic E-state index is 0.307. The Morgan fingerprint density at radius 3 is 2.48 bits per heavy atom. The van der Waals surface area contributed by atoms with E-state index in [0.717, 1.165) is 31.4 Å². The summed E-state index contributed by atoms with van der Waals surface area (Å²) in [4.78, 5) is 12.9. The highest BCUT2D eigenvalue weighted by atomic mass is 32.2. The molecule has 0 amide bonds. The number of nitrogen functional groups attached to an aromatic ring is 2. The number of fused-ring (bicyclic) bond motifs is 1. The fourth-order valence-corrected chi connectivity index (χ4v) is 3.21. The maximum absolute atomic E-state index is 9.31. The lowest BCUT2D eigenvalue weighted by Gasteiger charge is -2.16. The standard InChI is InChI=1S/C14H14N6S/c15-7-9-5-8-3-1-2-4-10(8)18-13(9)21-14-19-11(16)6-12(17)20-14/h5-6H,1-4H2,(H4,16,17,19,20). The van der Waals surface area contributed by atoms with E-state index in [4.69, 9.17) is 11.5 Å². The van der Waals surface area contributed by atoms with Gasteiger partial charge < -0.3 is 11.5 Å². The average Bonchev–Trinajstić information content (AvgIpc) is 2.45. The molecule has 0 bridgehead atoms. The molecule has 0 saturated heterocycles. The minimum Gasteiger partial charge on any atom is -0.383 e. The number of pyridine rings is 1. The maximum atomic E-state index is 9.31. The number of nitrogens with zero attached hydrogens (tertiary/aromatic N) is 4. The lowest BCUT2D eigenvalue weighted by Crippen LogP contribution is -2.07. The van der Waals surface area contributed by atoms with Crippen molar-refractivity contribution in [2.24, 2.45) is 0 Å². The minimum atomic E-state index is 0.307. The zero-order valence-electron chi connectivity index (χ0n) is 11.3. The summed E-state index contributed by atoms with van der Waals surface area (Å²) in [5.74, 6) is 0.614. The number of nitrogens with two attached hydrogens (primary N) is 2. The van der Waals surface area contributed by atoms with Gasteiger partial charge >= 0.3 is 0 Å². The van der Waals surface area contributed by atoms with Crippen LogP contribution in [0.25, 0.3) is 0 Å². The number of aryl methyl sites for hydroxylation is 2. The highest BCUT2D eigenvalue weighted by Crippen LogP contribution is 2.30. The number of hydrogen-bond donors (Lipinski definition) is 2. The van der Waals surface area contributed by atoms with Crippen molar-refractivity contribution in [3.05, 3.63) is 29.0 Å². The van der Waals surface area contributed by atoms with Gasteiger partial charge in [0, 0.05) is 11.8 Å². The third-order valence-electron chi connectivity index (χ3n) is 3.32. The second kappa shape index (κ2) is 5.58. The number of nitriles is 1. The highest BCUT2D eigenvalue weighted by Gasteiger charge is 2.17. The molecule has 0 spiro atoms. The van der Waals surface area contributed by atoms with Gasteiger partial charge in [-0.3, -0.25) is 0 Å². The van der Waals surface area contributed by atoms with Gasteiger partial charge in [-0.25, -0.2) is 15.0 Å². The molecule has 4 N–H and O–H groups in total. The molecule has 2 heterocycles. The number of anilines is 2. The molecule has 0 aromatic carbocycles. The van der Waals surface area contributed by atoms with Crippen molar-refractivity contribution in [1.29, 1.82) is 5.26 Å². The normalized spacial score (nSPS) is 13.5. The van der Waals surface area contributed by atoms with E-state index in [1.807, 2.05) is 6.07 Å². The lowest BCUT2D eigenvalue weighted by molar-refractivity contribution is 0.660. The molecule has 0 atom stereocenters. The Morgan fingerprint density at radius 1 is 1.05 bits per heavy atom. The Hall–Kier alpha value is -2.33. The first-order chi connectivity index (χ1) is 10.2. The molecule has 106 valence electrons. The summed E-state index contributed by atoms with van der Waals surface area (Å²) in [5, 5.41) is 10.3. The molecule has 0 radical (unpaired) electrons. The molecule has 1 aliphatic carbocycles. The molecule has 2 aromatic heterocycles. The molecule has 2 aromatic rings. The van der Waals surface area contributed by atoms with Crippen molar-refractivity contribution >= 4 is 23.4 Å². The third kappa shape index (κ3) is 2.90. The van der Waals surface area contributed by atoms with Gasteiger partial charge in [-0.15, -0.1) is 0 Å². The fourth-order valence-electron chi connectivity index (χ4n) is 2.37. The zero-order valence-corrected chi connectivity index (χ0v) is 12.2. The molecular formula is C14H14N6S.